The summed E-state index contributed by atoms with van der Waals surface area (Å²) >= 11 is 0. The Labute approximate surface area is 103 Å². The maximum Gasteiger partial charge on any atom is 0.161 e. The minimum absolute atomic E-state index is 0.206. The van der Waals surface area contributed by atoms with Crippen LogP contribution in [0.1, 0.15) is 25.3 Å². The minimum Gasteiger partial charge on any atom is -0.493 e. The van der Waals surface area contributed by atoms with E-state index in [9.17, 15) is 0 Å². The number of hydrogen-bond acceptors (Lipinski definition) is 3. The van der Waals surface area contributed by atoms with Crippen LogP contribution in [0.15, 0.2) is 18.2 Å². The zero-order valence-corrected chi connectivity index (χ0v) is 10.9. The van der Waals surface area contributed by atoms with Crippen molar-refractivity contribution in [1.29, 1.82) is 0 Å². The molecule has 1 aromatic rings. The number of ether oxygens (including phenoxy) is 2. The van der Waals surface area contributed by atoms with E-state index in [0.29, 0.717) is 0 Å². The Morgan fingerprint density at radius 1 is 1.18 bits per heavy atom. The first-order valence-electron chi connectivity index (χ1n) is 6.13. The van der Waals surface area contributed by atoms with Crippen LogP contribution in [-0.4, -0.2) is 27.3 Å². The van der Waals surface area contributed by atoms with Crippen LogP contribution in [0.2, 0.25) is 0 Å². The van der Waals surface area contributed by atoms with Crippen LogP contribution < -0.4 is 14.8 Å². The Kier molecular flexibility index (Phi) is 3.57. The van der Waals surface area contributed by atoms with Crippen molar-refractivity contribution in [2.75, 3.05) is 27.3 Å². The third-order valence-electron chi connectivity index (χ3n) is 3.68. The van der Waals surface area contributed by atoms with Crippen molar-refractivity contribution in [1.82, 2.24) is 5.32 Å². The Balaban J connectivity index is 2.32. The first kappa shape index (κ1) is 12.2. The van der Waals surface area contributed by atoms with Crippen molar-refractivity contribution in [3.05, 3.63) is 23.8 Å². The van der Waals surface area contributed by atoms with Crippen molar-refractivity contribution in [2.24, 2.45) is 0 Å². The van der Waals surface area contributed by atoms with E-state index in [1.807, 2.05) is 6.07 Å². The smallest absolute Gasteiger partial charge is 0.161 e. The van der Waals surface area contributed by atoms with Crippen LogP contribution in [0.4, 0.5) is 0 Å². The molecule has 0 amide bonds. The zero-order valence-electron chi connectivity index (χ0n) is 10.9. The van der Waals surface area contributed by atoms with Gasteiger partial charge in [-0.15, -0.1) is 0 Å². The molecule has 1 unspecified atom stereocenters. The average molecular weight is 235 g/mol. The molecule has 1 aromatic carbocycles. The molecule has 3 nitrogen and oxygen atoms in total. The van der Waals surface area contributed by atoms with E-state index in [1.54, 1.807) is 14.2 Å². The molecule has 17 heavy (non-hydrogen) atoms. The molecule has 1 aliphatic rings. The third kappa shape index (κ3) is 2.39. The largest absolute Gasteiger partial charge is 0.493 e. The summed E-state index contributed by atoms with van der Waals surface area (Å²) in [6.45, 7) is 4.46. The van der Waals surface area contributed by atoms with Gasteiger partial charge in [-0.1, -0.05) is 13.0 Å². The summed E-state index contributed by atoms with van der Waals surface area (Å²) in [4.78, 5) is 0. The highest BCUT2D eigenvalue weighted by Crippen LogP contribution is 2.36. The van der Waals surface area contributed by atoms with Gasteiger partial charge in [0.15, 0.2) is 11.5 Å². The highest BCUT2D eigenvalue weighted by atomic mass is 16.5. The summed E-state index contributed by atoms with van der Waals surface area (Å²) in [6, 6.07) is 6.24. The fourth-order valence-electron chi connectivity index (χ4n) is 2.51. The van der Waals surface area contributed by atoms with Crippen molar-refractivity contribution >= 4 is 0 Å². The molecule has 1 saturated heterocycles. The SMILES string of the molecule is COc1ccc(C2(C)CCCNC2)cc1OC. The molecule has 0 spiro atoms. The fourth-order valence-corrected chi connectivity index (χ4v) is 2.51. The number of benzene rings is 1. The van der Waals surface area contributed by atoms with Gasteiger partial charge >= 0.3 is 0 Å². The molecule has 1 heterocycles. The van der Waals surface area contributed by atoms with Gasteiger partial charge in [0, 0.05) is 12.0 Å². The molecule has 1 N–H and O–H groups in total. The van der Waals surface area contributed by atoms with Gasteiger partial charge in [-0.3, -0.25) is 0 Å². The molecule has 0 aliphatic carbocycles. The molecular weight excluding hydrogens is 214 g/mol. The zero-order chi connectivity index (χ0) is 12.3. The van der Waals surface area contributed by atoms with Gasteiger partial charge in [-0.05, 0) is 37.1 Å². The Hall–Kier alpha value is -1.22. The van der Waals surface area contributed by atoms with Gasteiger partial charge in [0.1, 0.15) is 0 Å². The molecule has 1 atom stereocenters. The van der Waals surface area contributed by atoms with E-state index < -0.39 is 0 Å². The topological polar surface area (TPSA) is 30.5 Å². The molecule has 1 fully saturated rings. The van der Waals surface area contributed by atoms with Gasteiger partial charge in [-0.25, -0.2) is 0 Å². The standard InChI is InChI=1S/C14H21NO2/c1-14(7-4-8-15-10-14)11-5-6-12(16-2)13(9-11)17-3/h5-6,9,15H,4,7-8,10H2,1-3H3. The molecule has 3 heteroatoms. The Bertz CT molecular complexity index is 384. The van der Waals surface area contributed by atoms with E-state index >= 15 is 0 Å². The number of methoxy groups -OCH3 is 2. The van der Waals surface area contributed by atoms with E-state index in [-0.39, 0.29) is 5.41 Å². The van der Waals surface area contributed by atoms with E-state index in [4.69, 9.17) is 9.47 Å². The normalized spacial score (nSPS) is 24.4. The maximum atomic E-state index is 5.37. The van der Waals surface area contributed by atoms with Crippen LogP contribution in [0.25, 0.3) is 0 Å². The van der Waals surface area contributed by atoms with Gasteiger partial charge in [0.05, 0.1) is 14.2 Å². The van der Waals surface area contributed by atoms with Gasteiger partial charge < -0.3 is 14.8 Å². The molecule has 2 rings (SSSR count). The van der Waals surface area contributed by atoms with Crippen molar-refractivity contribution < 1.29 is 9.47 Å². The molecule has 0 bridgehead atoms. The lowest BCUT2D eigenvalue weighted by Gasteiger charge is -2.35. The number of hydrogen-bond donors (Lipinski definition) is 1. The highest BCUT2D eigenvalue weighted by molar-refractivity contribution is 5.45. The van der Waals surface area contributed by atoms with Gasteiger partial charge in [0.2, 0.25) is 0 Å². The average Bonchev–Trinajstić information content (AvgIpc) is 2.38. The summed E-state index contributed by atoms with van der Waals surface area (Å²) in [7, 11) is 3.35. The summed E-state index contributed by atoms with van der Waals surface area (Å²) in [5.41, 5.74) is 1.53. The van der Waals surface area contributed by atoms with Gasteiger partial charge in [-0.2, -0.15) is 0 Å². The first-order chi connectivity index (χ1) is 8.19. The van der Waals surface area contributed by atoms with E-state index in [0.717, 1.165) is 24.6 Å². The van der Waals surface area contributed by atoms with E-state index in [1.165, 1.54) is 18.4 Å². The molecule has 0 saturated carbocycles. The molecule has 94 valence electrons. The highest BCUT2D eigenvalue weighted by Gasteiger charge is 2.29. The second-order valence-electron chi connectivity index (χ2n) is 4.91. The number of rotatable bonds is 3. The molecule has 1 aliphatic heterocycles. The Morgan fingerprint density at radius 2 is 1.94 bits per heavy atom. The molecule has 0 aromatic heterocycles. The number of piperidine rings is 1. The number of nitrogens with one attached hydrogen (secondary N) is 1. The third-order valence-corrected chi connectivity index (χ3v) is 3.68. The van der Waals surface area contributed by atoms with Crippen molar-refractivity contribution in [2.45, 2.75) is 25.2 Å². The van der Waals surface area contributed by atoms with Crippen LogP contribution in [0.5, 0.6) is 11.5 Å². The van der Waals surface area contributed by atoms with Crippen molar-refractivity contribution in [3.8, 4) is 11.5 Å². The first-order valence-corrected chi connectivity index (χ1v) is 6.13. The quantitative estimate of drug-likeness (QED) is 0.872. The lowest BCUT2D eigenvalue weighted by Crippen LogP contribution is -2.41. The summed E-state index contributed by atoms with van der Waals surface area (Å²) in [5, 5.41) is 3.47. The van der Waals surface area contributed by atoms with Crippen molar-refractivity contribution in [3.63, 3.8) is 0 Å². The van der Waals surface area contributed by atoms with Gasteiger partial charge in [0.25, 0.3) is 0 Å². The van der Waals surface area contributed by atoms with Crippen LogP contribution in [0.3, 0.4) is 0 Å². The summed E-state index contributed by atoms with van der Waals surface area (Å²) in [5.74, 6) is 1.61. The lowest BCUT2D eigenvalue weighted by atomic mass is 9.76. The van der Waals surface area contributed by atoms with E-state index in [2.05, 4.69) is 24.4 Å². The second kappa shape index (κ2) is 4.96. The fraction of sp³-hybridized carbons (Fsp3) is 0.571. The predicted octanol–water partition coefficient (Wildman–Crippen LogP) is 2.34. The summed E-state index contributed by atoms with van der Waals surface area (Å²) in [6.07, 6.45) is 2.44. The van der Waals surface area contributed by atoms with Crippen LogP contribution in [0, 0.1) is 0 Å². The monoisotopic (exact) mass is 235 g/mol. The predicted molar refractivity (Wildman–Crippen MR) is 69.0 cm³/mol. The Morgan fingerprint density at radius 3 is 2.53 bits per heavy atom. The van der Waals surface area contributed by atoms with Crippen LogP contribution in [-0.2, 0) is 5.41 Å². The second-order valence-corrected chi connectivity index (χ2v) is 4.91. The summed E-state index contributed by atoms with van der Waals surface area (Å²) < 4.78 is 10.6. The van der Waals surface area contributed by atoms with Crippen LogP contribution >= 0.6 is 0 Å². The molecular formula is C14H21NO2. The molecule has 0 radical (unpaired) electrons. The lowest BCUT2D eigenvalue weighted by molar-refractivity contribution is 0.331. The maximum absolute atomic E-state index is 5.37. The minimum atomic E-state index is 0.206.